The highest BCUT2D eigenvalue weighted by Crippen LogP contribution is 2.21. The van der Waals surface area contributed by atoms with Gasteiger partial charge in [-0.05, 0) is 31.0 Å². The van der Waals surface area contributed by atoms with E-state index in [1.807, 2.05) is 0 Å². The van der Waals surface area contributed by atoms with Gasteiger partial charge in [-0.2, -0.15) is 0 Å². The third-order valence-corrected chi connectivity index (χ3v) is 5.16. The van der Waals surface area contributed by atoms with Crippen LogP contribution in [0.3, 0.4) is 0 Å². The molecule has 0 aliphatic carbocycles. The van der Waals surface area contributed by atoms with E-state index in [9.17, 15) is 23.4 Å². The molecule has 1 aromatic carbocycles. The lowest BCUT2D eigenvalue weighted by molar-refractivity contribution is 0.0695. The Hall–Kier alpha value is -1.48. The monoisotopic (exact) mass is 317 g/mol. The molecule has 1 rings (SSSR count). The summed E-state index contributed by atoms with van der Waals surface area (Å²) in [5.41, 5.74) is -1.41. The molecule has 8 heteroatoms. The molecule has 7 nitrogen and oxygen atoms in total. The molecule has 0 atom stereocenters. The minimum absolute atomic E-state index is 0.0957. The van der Waals surface area contributed by atoms with E-state index < -0.39 is 34.7 Å². The van der Waals surface area contributed by atoms with Crippen LogP contribution in [-0.4, -0.2) is 48.5 Å². The molecule has 118 valence electrons. The molecule has 1 aromatic rings. The van der Waals surface area contributed by atoms with Gasteiger partial charge in [-0.3, -0.25) is 0 Å². The van der Waals surface area contributed by atoms with Gasteiger partial charge in [0.1, 0.15) is 0 Å². The summed E-state index contributed by atoms with van der Waals surface area (Å²) in [4.78, 5) is 10.9. The van der Waals surface area contributed by atoms with E-state index in [1.165, 1.54) is 25.1 Å². The Balaban J connectivity index is 3.33. The number of rotatable bonds is 7. The van der Waals surface area contributed by atoms with E-state index in [-0.39, 0.29) is 22.4 Å². The zero-order valence-corrected chi connectivity index (χ0v) is 12.6. The van der Waals surface area contributed by atoms with Crippen molar-refractivity contribution in [3.05, 3.63) is 29.3 Å². The number of sulfonamides is 1. The maximum Gasteiger partial charge on any atom is 0.335 e. The van der Waals surface area contributed by atoms with Gasteiger partial charge in [0.2, 0.25) is 10.0 Å². The molecule has 0 aliphatic rings. The summed E-state index contributed by atoms with van der Waals surface area (Å²) >= 11 is 0. The molecule has 0 aliphatic heterocycles. The van der Waals surface area contributed by atoms with Crippen molar-refractivity contribution in [2.45, 2.75) is 30.7 Å². The van der Waals surface area contributed by atoms with Crippen molar-refractivity contribution in [1.29, 1.82) is 0 Å². The summed E-state index contributed by atoms with van der Waals surface area (Å²) in [6, 6.07) is 3.91. The zero-order valence-electron chi connectivity index (χ0n) is 11.8. The Labute approximate surface area is 123 Å². The van der Waals surface area contributed by atoms with Crippen LogP contribution in [-0.2, 0) is 10.0 Å². The third-order valence-electron chi connectivity index (χ3n) is 3.44. The molecular weight excluding hydrogens is 298 g/mol. The van der Waals surface area contributed by atoms with Crippen LogP contribution in [0.25, 0.3) is 0 Å². The number of hydrogen-bond acceptors (Lipinski definition) is 5. The van der Waals surface area contributed by atoms with Crippen LogP contribution in [0.4, 0.5) is 0 Å². The van der Waals surface area contributed by atoms with Crippen LogP contribution in [0, 0.1) is 6.92 Å². The fraction of sp³-hybridized carbons (Fsp3) is 0.462. The van der Waals surface area contributed by atoms with E-state index >= 15 is 0 Å². The highest BCUT2D eigenvalue weighted by Gasteiger charge is 2.33. The normalized spacial score (nSPS) is 12.4. The Morgan fingerprint density at radius 1 is 1.29 bits per heavy atom. The van der Waals surface area contributed by atoms with Gasteiger partial charge in [-0.1, -0.05) is 13.0 Å². The molecule has 0 saturated heterocycles. The van der Waals surface area contributed by atoms with Crippen LogP contribution >= 0.6 is 0 Å². The number of hydrogen-bond donors (Lipinski definition) is 4. The predicted molar refractivity (Wildman–Crippen MR) is 75.7 cm³/mol. The standard InChI is InChI=1S/C13H19NO6S/c1-3-13(7-15,8-16)14-21(19,20)11-6-4-5-10(9(11)2)12(17)18/h4-6,14-16H,3,7-8H2,1-2H3,(H,17,18). The number of aromatic carboxylic acids is 1. The number of carboxylic acids is 1. The maximum absolute atomic E-state index is 12.4. The summed E-state index contributed by atoms with van der Waals surface area (Å²) in [6.45, 7) is 1.87. The first-order valence-electron chi connectivity index (χ1n) is 6.31. The number of benzene rings is 1. The van der Waals surface area contributed by atoms with Gasteiger partial charge in [0.15, 0.2) is 0 Å². The Morgan fingerprint density at radius 2 is 1.86 bits per heavy atom. The number of nitrogens with one attached hydrogen (secondary N) is 1. The topological polar surface area (TPSA) is 124 Å². The largest absolute Gasteiger partial charge is 0.478 e. The number of carbonyl (C=O) groups is 1. The summed E-state index contributed by atoms with van der Waals surface area (Å²) in [5.74, 6) is -1.23. The smallest absolute Gasteiger partial charge is 0.335 e. The van der Waals surface area contributed by atoms with Gasteiger partial charge >= 0.3 is 5.97 Å². The molecule has 0 spiro atoms. The Morgan fingerprint density at radius 3 is 2.29 bits per heavy atom. The second-order valence-electron chi connectivity index (χ2n) is 4.79. The van der Waals surface area contributed by atoms with Crippen LogP contribution in [0.1, 0.15) is 29.3 Å². The van der Waals surface area contributed by atoms with Crippen molar-refractivity contribution in [3.8, 4) is 0 Å². The molecular formula is C13H19NO6S. The molecule has 0 bridgehead atoms. The molecule has 0 radical (unpaired) electrons. The minimum atomic E-state index is -4.07. The lowest BCUT2D eigenvalue weighted by Crippen LogP contribution is -2.53. The first-order valence-corrected chi connectivity index (χ1v) is 7.80. The molecule has 0 saturated carbocycles. The summed E-state index contributed by atoms with van der Waals surface area (Å²) in [5, 5.41) is 27.7. The summed E-state index contributed by atoms with van der Waals surface area (Å²) in [6.07, 6.45) is 0.177. The number of carboxylic acid groups (broad SMARTS) is 1. The lowest BCUT2D eigenvalue weighted by atomic mass is 10.0. The van der Waals surface area contributed by atoms with E-state index in [4.69, 9.17) is 5.11 Å². The van der Waals surface area contributed by atoms with Gasteiger partial charge < -0.3 is 15.3 Å². The van der Waals surface area contributed by atoms with Gasteiger partial charge in [-0.15, -0.1) is 0 Å². The van der Waals surface area contributed by atoms with Crippen molar-refractivity contribution in [2.24, 2.45) is 0 Å². The van der Waals surface area contributed by atoms with E-state index in [0.29, 0.717) is 0 Å². The Kier molecular flexibility index (Phi) is 5.46. The van der Waals surface area contributed by atoms with Gasteiger partial charge in [0, 0.05) is 0 Å². The lowest BCUT2D eigenvalue weighted by Gasteiger charge is -2.29. The first-order chi connectivity index (χ1) is 9.73. The van der Waals surface area contributed by atoms with Crippen LogP contribution in [0.2, 0.25) is 0 Å². The molecule has 0 amide bonds. The van der Waals surface area contributed by atoms with Crippen molar-refractivity contribution in [1.82, 2.24) is 4.72 Å². The van der Waals surface area contributed by atoms with Crippen molar-refractivity contribution in [3.63, 3.8) is 0 Å². The average Bonchev–Trinajstić information content (AvgIpc) is 2.44. The summed E-state index contributed by atoms with van der Waals surface area (Å²) in [7, 11) is -4.07. The molecule has 0 heterocycles. The molecule has 0 fully saturated rings. The van der Waals surface area contributed by atoms with Gasteiger partial charge in [-0.25, -0.2) is 17.9 Å². The summed E-state index contributed by atoms with van der Waals surface area (Å²) < 4.78 is 27.0. The fourth-order valence-electron chi connectivity index (χ4n) is 1.89. The van der Waals surface area contributed by atoms with E-state index in [0.717, 1.165) is 0 Å². The van der Waals surface area contributed by atoms with Crippen LogP contribution in [0.15, 0.2) is 23.1 Å². The second kappa shape index (κ2) is 6.52. The zero-order chi connectivity index (χ0) is 16.3. The van der Waals surface area contributed by atoms with Crippen molar-refractivity contribution < 1.29 is 28.5 Å². The highest BCUT2D eigenvalue weighted by molar-refractivity contribution is 7.89. The fourth-order valence-corrected chi connectivity index (χ4v) is 3.61. The SMILES string of the molecule is CCC(CO)(CO)NS(=O)(=O)c1cccc(C(=O)O)c1C. The number of aliphatic hydroxyl groups excluding tert-OH is 2. The second-order valence-corrected chi connectivity index (χ2v) is 6.44. The molecule has 0 unspecified atom stereocenters. The van der Waals surface area contributed by atoms with Crippen molar-refractivity contribution in [2.75, 3.05) is 13.2 Å². The quantitative estimate of drug-likeness (QED) is 0.565. The highest BCUT2D eigenvalue weighted by atomic mass is 32.2. The van der Waals surface area contributed by atoms with Crippen molar-refractivity contribution >= 4 is 16.0 Å². The van der Waals surface area contributed by atoms with Crippen LogP contribution < -0.4 is 4.72 Å². The molecule has 4 N–H and O–H groups in total. The molecule has 21 heavy (non-hydrogen) atoms. The van der Waals surface area contributed by atoms with E-state index in [1.54, 1.807) is 6.92 Å². The maximum atomic E-state index is 12.4. The van der Waals surface area contributed by atoms with Gasteiger partial charge in [0.05, 0.1) is 29.2 Å². The Bertz CT molecular complexity index is 613. The van der Waals surface area contributed by atoms with Gasteiger partial charge in [0.25, 0.3) is 0 Å². The minimum Gasteiger partial charge on any atom is -0.478 e. The van der Waals surface area contributed by atoms with Crippen LogP contribution in [0.5, 0.6) is 0 Å². The predicted octanol–water partition coefficient (Wildman–Crippen LogP) is 0.105. The molecule has 0 aromatic heterocycles. The number of aliphatic hydroxyl groups is 2. The third kappa shape index (κ3) is 3.59. The van der Waals surface area contributed by atoms with E-state index in [2.05, 4.69) is 4.72 Å². The first kappa shape index (κ1) is 17.6. The average molecular weight is 317 g/mol.